The topological polar surface area (TPSA) is 69.4 Å². The highest BCUT2D eigenvalue weighted by Crippen LogP contribution is 2.26. The van der Waals surface area contributed by atoms with Gasteiger partial charge in [-0.3, -0.25) is 0 Å². The van der Waals surface area contributed by atoms with Gasteiger partial charge in [-0.25, -0.2) is 4.68 Å². The minimum atomic E-state index is -0.147. The van der Waals surface area contributed by atoms with E-state index in [-0.39, 0.29) is 6.61 Å². The number of nitrogens with zero attached hydrogens (tertiary/aromatic N) is 3. The van der Waals surface area contributed by atoms with Crippen LogP contribution in [0.3, 0.4) is 0 Å². The smallest absolute Gasteiger partial charge is 0.144 e. The van der Waals surface area contributed by atoms with Crippen LogP contribution in [0.4, 0.5) is 0 Å². The van der Waals surface area contributed by atoms with Gasteiger partial charge in [-0.15, -0.1) is 5.10 Å². The minimum Gasteiger partial charge on any atom is -0.497 e. The Morgan fingerprint density at radius 2 is 2.12 bits per heavy atom. The van der Waals surface area contributed by atoms with Gasteiger partial charge in [0.15, 0.2) is 0 Å². The predicted molar refractivity (Wildman–Crippen MR) is 60.4 cm³/mol. The molecule has 90 valence electrons. The Morgan fingerprint density at radius 1 is 1.29 bits per heavy atom. The zero-order valence-electron chi connectivity index (χ0n) is 9.62. The molecule has 0 bridgehead atoms. The molecule has 1 N–H and O–H groups in total. The molecule has 2 aromatic rings. The average Bonchev–Trinajstić information content (AvgIpc) is 2.86. The lowest BCUT2D eigenvalue weighted by Gasteiger charge is -2.09. The molecule has 0 spiro atoms. The van der Waals surface area contributed by atoms with Gasteiger partial charge in [-0.1, -0.05) is 5.21 Å². The number of ether oxygens (including phenoxy) is 2. The number of aromatic nitrogens is 3. The Balaban J connectivity index is 2.47. The summed E-state index contributed by atoms with van der Waals surface area (Å²) in [5, 5.41) is 16.7. The molecule has 0 amide bonds. The largest absolute Gasteiger partial charge is 0.497 e. The second-order valence-electron chi connectivity index (χ2n) is 3.35. The van der Waals surface area contributed by atoms with Crippen molar-refractivity contribution in [3.8, 4) is 17.2 Å². The molecule has 0 radical (unpaired) electrons. The van der Waals surface area contributed by atoms with E-state index in [0.717, 1.165) is 0 Å². The number of benzene rings is 1. The van der Waals surface area contributed by atoms with Crippen molar-refractivity contribution < 1.29 is 14.6 Å². The SMILES string of the molecule is COc1ccc(OC)c(-n2cc(CO)nn2)c1. The number of aliphatic hydroxyl groups is 1. The van der Waals surface area contributed by atoms with Gasteiger partial charge < -0.3 is 14.6 Å². The molecular formula is C11H13N3O3. The Morgan fingerprint density at radius 3 is 2.71 bits per heavy atom. The number of methoxy groups -OCH3 is 2. The van der Waals surface area contributed by atoms with Gasteiger partial charge in [-0.05, 0) is 12.1 Å². The normalized spacial score (nSPS) is 10.3. The number of rotatable bonds is 4. The summed E-state index contributed by atoms with van der Waals surface area (Å²) < 4.78 is 11.9. The van der Waals surface area contributed by atoms with E-state index < -0.39 is 0 Å². The lowest BCUT2D eigenvalue weighted by Crippen LogP contribution is -1.99. The van der Waals surface area contributed by atoms with E-state index in [1.807, 2.05) is 0 Å². The van der Waals surface area contributed by atoms with Crippen LogP contribution in [0.1, 0.15) is 5.69 Å². The molecule has 2 rings (SSSR count). The standard InChI is InChI=1S/C11H13N3O3/c1-16-9-3-4-11(17-2)10(5-9)14-6-8(7-15)12-13-14/h3-6,15H,7H2,1-2H3. The van der Waals surface area contributed by atoms with Crippen molar-refractivity contribution in [2.75, 3.05) is 14.2 Å². The van der Waals surface area contributed by atoms with Gasteiger partial charge in [0.1, 0.15) is 22.9 Å². The Labute approximate surface area is 98.4 Å². The molecule has 0 unspecified atom stereocenters. The average molecular weight is 235 g/mol. The molecule has 0 aliphatic carbocycles. The maximum atomic E-state index is 8.95. The highest BCUT2D eigenvalue weighted by Gasteiger charge is 2.09. The third-order valence-corrected chi connectivity index (χ3v) is 2.34. The van der Waals surface area contributed by atoms with Crippen LogP contribution in [-0.2, 0) is 6.61 Å². The Hall–Kier alpha value is -2.08. The van der Waals surface area contributed by atoms with Crippen molar-refractivity contribution in [2.24, 2.45) is 0 Å². The van der Waals surface area contributed by atoms with Crippen molar-refractivity contribution >= 4 is 0 Å². The molecule has 6 nitrogen and oxygen atoms in total. The van der Waals surface area contributed by atoms with E-state index in [9.17, 15) is 0 Å². The summed E-state index contributed by atoms with van der Waals surface area (Å²) in [5.41, 5.74) is 1.20. The van der Waals surface area contributed by atoms with Crippen LogP contribution in [0.2, 0.25) is 0 Å². The van der Waals surface area contributed by atoms with Crippen LogP contribution >= 0.6 is 0 Å². The van der Waals surface area contributed by atoms with Crippen molar-refractivity contribution in [1.82, 2.24) is 15.0 Å². The minimum absolute atomic E-state index is 0.147. The predicted octanol–water partition coefficient (Wildman–Crippen LogP) is 0.777. The summed E-state index contributed by atoms with van der Waals surface area (Å²) in [4.78, 5) is 0. The van der Waals surface area contributed by atoms with Gasteiger partial charge in [-0.2, -0.15) is 0 Å². The van der Waals surface area contributed by atoms with E-state index in [4.69, 9.17) is 14.6 Å². The van der Waals surface area contributed by atoms with Gasteiger partial charge in [0, 0.05) is 6.07 Å². The first-order chi connectivity index (χ1) is 8.28. The molecule has 0 fully saturated rings. The van der Waals surface area contributed by atoms with Crippen molar-refractivity contribution in [3.05, 3.63) is 30.1 Å². The maximum absolute atomic E-state index is 8.95. The van der Waals surface area contributed by atoms with E-state index in [1.54, 1.807) is 38.6 Å². The number of aliphatic hydroxyl groups excluding tert-OH is 1. The zero-order chi connectivity index (χ0) is 12.3. The molecule has 0 saturated carbocycles. The fourth-order valence-corrected chi connectivity index (χ4v) is 1.46. The fourth-order valence-electron chi connectivity index (χ4n) is 1.46. The van der Waals surface area contributed by atoms with Gasteiger partial charge >= 0.3 is 0 Å². The summed E-state index contributed by atoms with van der Waals surface area (Å²) in [6, 6.07) is 5.37. The van der Waals surface area contributed by atoms with Gasteiger partial charge in [0.25, 0.3) is 0 Å². The molecule has 1 aromatic heterocycles. The second kappa shape index (κ2) is 4.84. The summed E-state index contributed by atoms with van der Waals surface area (Å²) in [6.07, 6.45) is 1.64. The number of hydrogen-bond acceptors (Lipinski definition) is 5. The summed E-state index contributed by atoms with van der Waals surface area (Å²) in [7, 11) is 3.17. The Bertz CT molecular complexity index is 510. The first-order valence-corrected chi connectivity index (χ1v) is 5.03. The molecule has 1 aromatic carbocycles. The third kappa shape index (κ3) is 2.21. The van der Waals surface area contributed by atoms with Crippen LogP contribution in [-0.4, -0.2) is 34.3 Å². The van der Waals surface area contributed by atoms with E-state index in [0.29, 0.717) is 22.9 Å². The second-order valence-corrected chi connectivity index (χ2v) is 3.35. The lowest BCUT2D eigenvalue weighted by molar-refractivity contribution is 0.276. The molecule has 17 heavy (non-hydrogen) atoms. The molecule has 0 saturated heterocycles. The van der Waals surface area contributed by atoms with Crippen molar-refractivity contribution in [2.45, 2.75) is 6.61 Å². The van der Waals surface area contributed by atoms with Crippen LogP contribution in [0.15, 0.2) is 24.4 Å². The van der Waals surface area contributed by atoms with E-state index in [2.05, 4.69) is 10.3 Å². The molecule has 0 aliphatic heterocycles. The molecule has 6 heteroatoms. The van der Waals surface area contributed by atoms with Crippen LogP contribution in [0, 0.1) is 0 Å². The van der Waals surface area contributed by atoms with E-state index in [1.165, 1.54) is 4.68 Å². The van der Waals surface area contributed by atoms with Crippen LogP contribution < -0.4 is 9.47 Å². The van der Waals surface area contributed by atoms with Gasteiger partial charge in [0.05, 0.1) is 27.0 Å². The summed E-state index contributed by atoms with van der Waals surface area (Å²) in [6.45, 7) is -0.147. The quantitative estimate of drug-likeness (QED) is 0.848. The van der Waals surface area contributed by atoms with E-state index >= 15 is 0 Å². The first-order valence-electron chi connectivity index (χ1n) is 5.03. The number of hydrogen-bond donors (Lipinski definition) is 1. The third-order valence-electron chi connectivity index (χ3n) is 2.34. The molecule has 0 atom stereocenters. The van der Waals surface area contributed by atoms with Crippen LogP contribution in [0.5, 0.6) is 11.5 Å². The highest BCUT2D eigenvalue weighted by atomic mass is 16.5. The van der Waals surface area contributed by atoms with Crippen molar-refractivity contribution in [1.29, 1.82) is 0 Å². The summed E-state index contributed by atoms with van der Waals surface area (Å²) in [5.74, 6) is 1.35. The van der Waals surface area contributed by atoms with Crippen LogP contribution in [0.25, 0.3) is 5.69 Å². The highest BCUT2D eigenvalue weighted by molar-refractivity contribution is 5.50. The summed E-state index contributed by atoms with van der Waals surface area (Å²) >= 11 is 0. The van der Waals surface area contributed by atoms with Gasteiger partial charge in [0.2, 0.25) is 0 Å². The Kier molecular flexibility index (Phi) is 3.24. The monoisotopic (exact) mass is 235 g/mol. The maximum Gasteiger partial charge on any atom is 0.144 e. The molecular weight excluding hydrogens is 222 g/mol. The van der Waals surface area contributed by atoms with Crippen molar-refractivity contribution in [3.63, 3.8) is 0 Å². The fraction of sp³-hybridized carbons (Fsp3) is 0.273. The molecule has 1 heterocycles. The molecule has 0 aliphatic rings. The zero-order valence-corrected chi connectivity index (χ0v) is 9.62. The lowest BCUT2D eigenvalue weighted by atomic mass is 10.2. The first kappa shape index (κ1) is 11.4.